The van der Waals surface area contributed by atoms with Crippen molar-refractivity contribution < 1.29 is 14.1 Å². The number of amides is 2. The number of carbonyl (C=O) groups excluding carboxylic acids is 2. The molecule has 6 nitrogen and oxygen atoms in total. The fourth-order valence-corrected chi connectivity index (χ4v) is 4.87. The quantitative estimate of drug-likeness (QED) is 0.801. The van der Waals surface area contributed by atoms with Crippen LogP contribution in [0.15, 0.2) is 34.9 Å². The number of hydrogen-bond acceptors (Lipinski definition) is 4. The number of hydrogen-bond donors (Lipinski definition) is 0. The molecule has 148 valence electrons. The van der Waals surface area contributed by atoms with Crippen molar-refractivity contribution in [2.45, 2.75) is 39.0 Å². The Morgan fingerprint density at radius 1 is 1.18 bits per heavy atom. The molecule has 0 radical (unpaired) electrons. The van der Waals surface area contributed by atoms with Gasteiger partial charge in [0.25, 0.3) is 5.91 Å². The van der Waals surface area contributed by atoms with Crippen LogP contribution in [-0.4, -0.2) is 53.5 Å². The summed E-state index contributed by atoms with van der Waals surface area (Å²) in [6.07, 6.45) is 2.67. The topological polar surface area (TPSA) is 66.7 Å². The average molecular weight is 381 g/mol. The lowest BCUT2D eigenvalue weighted by Crippen LogP contribution is -2.53. The minimum Gasteiger partial charge on any atom is -0.361 e. The Labute approximate surface area is 165 Å². The van der Waals surface area contributed by atoms with E-state index in [-0.39, 0.29) is 23.1 Å². The second-order valence-corrected chi connectivity index (χ2v) is 8.35. The lowest BCUT2D eigenvalue weighted by molar-refractivity contribution is -0.139. The van der Waals surface area contributed by atoms with E-state index in [2.05, 4.69) is 5.16 Å². The normalized spacial score (nSPS) is 22.0. The van der Waals surface area contributed by atoms with Crippen molar-refractivity contribution in [1.82, 2.24) is 15.0 Å². The van der Waals surface area contributed by atoms with Crippen LogP contribution >= 0.6 is 0 Å². The largest absolute Gasteiger partial charge is 0.361 e. The van der Waals surface area contributed by atoms with Crippen molar-refractivity contribution in [3.8, 4) is 0 Å². The molecule has 1 aromatic heterocycles. The summed E-state index contributed by atoms with van der Waals surface area (Å²) in [5.41, 5.74) is 2.40. The maximum Gasteiger partial charge on any atom is 0.259 e. The molecule has 0 aliphatic carbocycles. The molecule has 0 saturated carbocycles. The standard InChI is InChI=1S/C22H27N3O3/c1-15-19(16(2)28-23-15)21(27)25-11-9-22(10-12-25)13-18(20(26)24(3)14-22)17-7-5-4-6-8-17/h4-8,18H,9-14H2,1-3H3. The van der Waals surface area contributed by atoms with E-state index in [0.29, 0.717) is 30.1 Å². The second kappa shape index (κ2) is 7.08. The Hall–Kier alpha value is -2.63. The third kappa shape index (κ3) is 3.21. The number of piperidine rings is 2. The summed E-state index contributed by atoms with van der Waals surface area (Å²) in [4.78, 5) is 29.5. The van der Waals surface area contributed by atoms with Crippen molar-refractivity contribution >= 4 is 11.8 Å². The first-order chi connectivity index (χ1) is 13.4. The monoisotopic (exact) mass is 381 g/mol. The third-order valence-electron chi connectivity index (χ3n) is 6.44. The number of likely N-dealkylation sites (N-methyl/N-ethyl adjacent to an activating group) is 1. The highest BCUT2D eigenvalue weighted by Gasteiger charge is 2.45. The van der Waals surface area contributed by atoms with Crippen LogP contribution in [0.4, 0.5) is 0 Å². The predicted octanol–water partition coefficient (Wildman–Crippen LogP) is 3.16. The van der Waals surface area contributed by atoms with Gasteiger partial charge < -0.3 is 14.3 Å². The van der Waals surface area contributed by atoms with Crippen LogP contribution in [0.3, 0.4) is 0 Å². The van der Waals surface area contributed by atoms with Crippen LogP contribution in [-0.2, 0) is 4.79 Å². The summed E-state index contributed by atoms with van der Waals surface area (Å²) in [7, 11) is 1.90. The van der Waals surface area contributed by atoms with Gasteiger partial charge in [0.2, 0.25) is 5.91 Å². The predicted molar refractivity (Wildman–Crippen MR) is 105 cm³/mol. The first kappa shape index (κ1) is 18.7. The van der Waals surface area contributed by atoms with Crippen LogP contribution in [0.5, 0.6) is 0 Å². The first-order valence-electron chi connectivity index (χ1n) is 9.92. The van der Waals surface area contributed by atoms with E-state index < -0.39 is 0 Å². The molecule has 1 unspecified atom stereocenters. The second-order valence-electron chi connectivity index (χ2n) is 8.35. The minimum absolute atomic E-state index is 0.00551. The fraction of sp³-hybridized carbons (Fsp3) is 0.500. The molecule has 2 amide bonds. The number of benzene rings is 1. The van der Waals surface area contributed by atoms with Crippen LogP contribution < -0.4 is 0 Å². The van der Waals surface area contributed by atoms with E-state index >= 15 is 0 Å². The van der Waals surface area contributed by atoms with Gasteiger partial charge in [-0.1, -0.05) is 35.5 Å². The third-order valence-corrected chi connectivity index (χ3v) is 6.44. The summed E-state index contributed by atoms with van der Waals surface area (Å²) in [5.74, 6) is 0.691. The van der Waals surface area contributed by atoms with E-state index in [1.165, 1.54) is 0 Å². The molecule has 1 atom stereocenters. The first-order valence-corrected chi connectivity index (χ1v) is 9.92. The highest BCUT2D eigenvalue weighted by molar-refractivity contribution is 5.96. The van der Waals surface area contributed by atoms with E-state index in [1.54, 1.807) is 13.8 Å². The lowest BCUT2D eigenvalue weighted by Gasteiger charge is -2.49. The van der Waals surface area contributed by atoms with Gasteiger partial charge in [-0.05, 0) is 44.1 Å². The van der Waals surface area contributed by atoms with Crippen molar-refractivity contribution in [3.05, 3.63) is 52.9 Å². The SMILES string of the molecule is Cc1noc(C)c1C(=O)N1CCC2(CC1)CC(c1ccccc1)C(=O)N(C)C2. The molecule has 0 bridgehead atoms. The zero-order valence-electron chi connectivity index (χ0n) is 16.8. The summed E-state index contributed by atoms with van der Waals surface area (Å²) >= 11 is 0. The Balaban J connectivity index is 1.50. The van der Waals surface area contributed by atoms with E-state index in [1.807, 2.05) is 47.2 Å². The van der Waals surface area contributed by atoms with Gasteiger partial charge in [-0.3, -0.25) is 9.59 Å². The summed E-state index contributed by atoms with van der Waals surface area (Å²) in [6.45, 7) is 5.76. The maximum absolute atomic E-state index is 12.9. The molecule has 2 aliphatic heterocycles. The van der Waals surface area contributed by atoms with Crippen molar-refractivity contribution in [3.63, 3.8) is 0 Å². The summed E-state index contributed by atoms with van der Waals surface area (Å²) in [5, 5.41) is 3.91. The zero-order chi connectivity index (χ0) is 19.9. The van der Waals surface area contributed by atoms with Gasteiger partial charge in [0.1, 0.15) is 11.3 Å². The van der Waals surface area contributed by atoms with Crippen LogP contribution in [0.1, 0.15) is 52.6 Å². The highest BCUT2D eigenvalue weighted by atomic mass is 16.5. The molecular weight excluding hydrogens is 354 g/mol. The van der Waals surface area contributed by atoms with Gasteiger partial charge in [0, 0.05) is 26.7 Å². The molecule has 4 rings (SSSR count). The summed E-state index contributed by atoms with van der Waals surface area (Å²) in [6, 6.07) is 10.1. The smallest absolute Gasteiger partial charge is 0.259 e. The van der Waals surface area contributed by atoms with E-state index in [9.17, 15) is 9.59 Å². The highest BCUT2D eigenvalue weighted by Crippen LogP contribution is 2.45. The van der Waals surface area contributed by atoms with Gasteiger partial charge in [0.15, 0.2) is 0 Å². The molecule has 3 heterocycles. The molecule has 2 aliphatic rings. The van der Waals surface area contributed by atoms with Gasteiger partial charge >= 0.3 is 0 Å². The van der Waals surface area contributed by atoms with Crippen LogP contribution in [0.25, 0.3) is 0 Å². The molecular formula is C22H27N3O3. The Morgan fingerprint density at radius 2 is 1.86 bits per heavy atom. The Morgan fingerprint density at radius 3 is 2.46 bits per heavy atom. The maximum atomic E-state index is 12.9. The summed E-state index contributed by atoms with van der Waals surface area (Å²) < 4.78 is 5.16. The molecule has 6 heteroatoms. The number of aryl methyl sites for hydroxylation is 2. The van der Waals surface area contributed by atoms with Gasteiger partial charge in [-0.15, -0.1) is 0 Å². The van der Waals surface area contributed by atoms with E-state index in [4.69, 9.17) is 4.52 Å². The van der Waals surface area contributed by atoms with Gasteiger partial charge in [-0.25, -0.2) is 0 Å². The number of nitrogens with zero attached hydrogens (tertiary/aromatic N) is 3. The molecule has 0 N–H and O–H groups in total. The molecule has 2 saturated heterocycles. The molecule has 2 aromatic rings. The van der Waals surface area contributed by atoms with Crippen molar-refractivity contribution in [2.75, 3.05) is 26.7 Å². The number of rotatable bonds is 2. The Kier molecular flexibility index (Phi) is 4.73. The van der Waals surface area contributed by atoms with Crippen LogP contribution in [0, 0.1) is 19.3 Å². The van der Waals surface area contributed by atoms with Crippen LogP contribution in [0.2, 0.25) is 0 Å². The van der Waals surface area contributed by atoms with E-state index in [0.717, 1.165) is 31.4 Å². The minimum atomic E-state index is -0.0928. The fourth-order valence-electron chi connectivity index (χ4n) is 4.87. The van der Waals surface area contributed by atoms with Gasteiger partial charge in [0.05, 0.1) is 11.6 Å². The molecule has 28 heavy (non-hydrogen) atoms. The van der Waals surface area contributed by atoms with Gasteiger partial charge in [-0.2, -0.15) is 0 Å². The molecule has 1 spiro atoms. The molecule has 1 aromatic carbocycles. The number of likely N-dealkylation sites (tertiary alicyclic amines) is 2. The average Bonchev–Trinajstić information content (AvgIpc) is 3.04. The van der Waals surface area contributed by atoms with Crippen molar-refractivity contribution in [2.24, 2.45) is 5.41 Å². The Bertz CT molecular complexity index is 862. The molecule has 2 fully saturated rings. The number of carbonyl (C=O) groups is 2. The van der Waals surface area contributed by atoms with Crippen molar-refractivity contribution in [1.29, 1.82) is 0 Å². The lowest BCUT2D eigenvalue weighted by atomic mass is 9.67. The number of aromatic nitrogens is 1. The zero-order valence-corrected chi connectivity index (χ0v) is 16.8.